The van der Waals surface area contributed by atoms with Crippen molar-refractivity contribution < 1.29 is 9.50 Å². The van der Waals surface area contributed by atoms with E-state index in [-0.39, 0.29) is 17.8 Å². The van der Waals surface area contributed by atoms with Gasteiger partial charge in [-0.25, -0.2) is 4.39 Å². The topological polar surface area (TPSA) is 32.3 Å². The first kappa shape index (κ1) is 14.3. The van der Waals surface area contributed by atoms with E-state index in [1.807, 2.05) is 26.0 Å². The normalized spacial score (nSPS) is 14.3. The number of hydrogen-bond donors (Lipinski definition) is 2. The fourth-order valence-electron chi connectivity index (χ4n) is 1.99. The predicted octanol–water partition coefficient (Wildman–Crippen LogP) is 4.66. The maximum atomic E-state index is 12.9. The molecular formula is C14H15ClFNOS. The number of thiophene rings is 1. The summed E-state index contributed by atoms with van der Waals surface area (Å²) in [7, 11) is 0. The summed E-state index contributed by atoms with van der Waals surface area (Å²) >= 11 is 7.43. The standard InChI is InChI=1S/C14H15ClFNOS/c1-8(11-4-3-10(16)7-12(11)18)17-9(2)13-5-6-14(15)19-13/h3-9,17-18H,1-2H3. The van der Waals surface area contributed by atoms with Gasteiger partial charge in [-0.05, 0) is 32.0 Å². The lowest BCUT2D eigenvalue weighted by atomic mass is 10.1. The van der Waals surface area contributed by atoms with Gasteiger partial charge in [0.25, 0.3) is 0 Å². The van der Waals surface area contributed by atoms with Crippen LogP contribution in [0, 0.1) is 5.82 Å². The highest BCUT2D eigenvalue weighted by Gasteiger charge is 2.15. The molecule has 2 aromatic rings. The van der Waals surface area contributed by atoms with Gasteiger partial charge in [0.1, 0.15) is 11.6 Å². The second kappa shape index (κ2) is 5.90. The average molecular weight is 300 g/mol. The maximum Gasteiger partial charge on any atom is 0.126 e. The van der Waals surface area contributed by atoms with Crippen LogP contribution in [0.1, 0.15) is 36.4 Å². The molecule has 5 heteroatoms. The second-order valence-corrected chi connectivity index (χ2v) is 6.20. The SMILES string of the molecule is CC(NC(C)c1ccc(F)cc1O)c1ccc(Cl)s1. The van der Waals surface area contributed by atoms with Gasteiger partial charge >= 0.3 is 0 Å². The molecule has 1 aromatic heterocycles. The van der Waals surface area contributed by atoms with Crippen molar-refractivity contribution >= 4 is 22.9 Å². The highest BCUT2D eigenvalue weighted by atomic mass is 35.5. The number of halogens is 2. The number of nitrogens with one attached hydrogen (secondary N) is 1. The Morgan fingerprint density at radius 3 is 2.53 bits per heavy atom. The first-order valence-electron chi connectivity index (χ1n) is 5.97. The first-order valence-corrected chi connectivity index (χ1v) is 7.16. The number of aromatic hydroxyl groups is 1. The summed E-state index contributed by atoms with van der Waals surface area (Å²) in [5, 5.41) is 13.1. The molecule has 1 aromatic carbocycles. The van der Waals surface area contributed by atoms with Gasteiger partial charge in [-0.3, -0.25) is 0 Å². The quantitative estimate of drug-likeness (QED) is 0.860. The molecule has 0 fully saturated rings. The van der Waals surface area contributed by atoms with E-state index in [0.29, 0.717) is 5.56 Å². The van der Waals surface area contributed by atoms with Gasteiger partial charge in [0, 0.05) is 28.6 Å². The molecule has 2 N–H and O–H groups in total. The Hall–Kier alpha value is -1.10. The van der Waals surface area contributed by atoms with E-state index in [9.17, 15) is 9.50 Å². The van der Waals surface area contributed by atoms with E-state index in [1.54, 1.807) is 6.07 Å². The van der Waals surface area contributed by atoms with E-state index >= 15 is 0 Å². The van der Waals surface area contributed by atoms with Crippen LogP contribution in [0.15, 0.2) is 30.3 Å². The highest BCUT2D eigenvalue weighted by Crippen LogP contribution is 2.30. The molecule has 0 bridgehead atoms. The molecule has 0 aliphatic rings. The van der Waals surface area contributed by atoms with Crippen LogP contribution in [0.2, 0.25) is 4.34 Å². The molecule has 1 heterocycles. The fraction of sp³-hybridized carbons (Fsp3) is 0.286. The van der Waals surface area contributed by atoms with Gasteiger partial charge in [-0.15, -0.1) is 11.3 Å². The average Bonchev–Trinajstić information content (AvgIpc) is 2.75. The zero-order chi connectivity index (χ0) is 14.0. The zero-order valence-corrected chi connectivity index (χ0v) is 12.2. The molecule has 0 spiro atoms. The van der Waals surface area contributed by atoms with Crippen molar-refractivity contribution in [2.45, 2.75) is 25.9 Å². The smallest absolute Gasteiger partial charge is 0.126 e. The zero-order valence-electron chi connectivity index (χ0n) is 10.7. The minimum Gasteiger partial charge on any atom is -0.508 e. The molecule has 2 rings (SSSR count). The van der Waals surface area contributed by atoms with E-state index in [0.717, 1.165) is 15.3 Å². The number of rotatable bonds is 4. The van der Waals surface area contributed by atoms with E-state index in [2.05, 4.69) is 5.32 Å². The Bertz CT molecular complexity index is 572. The van der Waals surface area contributed by atoms with Gasteiger partial charge in [-0.1, -0.05) is 17.7 Å². The van der Waals surface area contributed by atoms with E-state index in [1.165, 1.54) is 17.4 Å². The fourth-order valence-corrected chi connectivity index (χ4v) is 3.06. The lowest BCUT2D eigenvalue weighted by Gasteiger charge is -2.20. The summed E-state index contributed by atoms with van der Waals surface area (Å²) in [5.41, 5.74) is 0.677. The summed E-state index contributed by atoms with van der Waals surface area (Å²) in [6.45, 7) is 3.96. The van der Waals surface area contributed by atoms with Crippen molar-refractivity contribution in [2.24, 2.45) is 0 Å². The molecule has 0 amide bonds. The molecule has 0 saturated heterocycles. The summed E-state index contributed by atoms with van der Waals surface area (Å²) in [6.07, 6.45) is 0. The van der Waals surface area contributed by atoms with Crippen molar-refractivity contribution in [3.8, 4) is 5.75 Å². The van der Waals surface area contributed by atoms with Gasteiger partial charge in [0.05, 0.1) is 4.34 Å². The third kappa shape index (κ3) is 3.47. The highest BCUT2D eigenvalue weighted by molar-refractivity contribution is 7.16. The Morgan fingerprint density at radius 1 is 1.21 bits per heavy atom. The van der Waals surface area contributed by atoms with Crippen LogP contribution in [0.5, 0.6) is 5.75 Å². The number of hydrogen-bond acceptors (Lipinski definition) is 3. The van der Waals surface area contributed by atoms with Gasteiger partial charge in [-0.2, -0.15) is 0 Å². The molecule has 0 aliphatic carbocycles. The van der Waals surface area contributed by atoms with Gasteiger partial charge in [0.15, 0.2) is 0 Å². The first-order chi connectivity index (χ1) is 8.97. The van der Waals surface area contributed by atoms with Crippen LogP contribution in [0.25, 0.3) is 0 Å². The van der Waals surface area contributed by atoms with Crippen molar-refractivity contribution in [3.63, 3.8) is 0 Å². The lowest BCUT2D eigenvalue weighted by Crippen LogP contribution is -2.21. The third-order valence-electron chi connectivity index (χ3n) is 2.98. The van der Waals surface area contributed by atoms with Crippen LogP contribution >= 0.6 is 22.9 Å². The Morgan fingerprint density at radius 2 is 1.95 bits per heavy atom. The molecule has 2 unspecified atom stereocenters. The van der Waals surface area contributed by atoms with Crippen LogP contribution in [-0.2, 0) is 0 Å². The maximum absolute atomic E-state index is 12.9. The molecule has 0 radical (unpaired) electrons. The van der Waals surface area contributed by atoms with Crippen molar-refractivity contribution in [2.75, 3.05) is 0 Å². The summed E-state index contributed by atoms with van der Waals surface area (Å²) < 4.78 is 13.7. The lowest BCUT2D eigenvalue weighted by molar-refractivity contribution is 0.435. The summed E-state index contributed by atoms with van der Waals surface area (Å²) in [6, 6.07) is 7.92. The van der Waals surface area contributed by atoms with Crippen LogP contribution in [0.3, 0.4) is 0 Å². The summed E-state index contributed by atoms with van der Waals surface area (Å²) in [5.74, 6) is -0.469. The van der Waals surface area contributed by atoms with Crippen LogP contribution < -0.4 is 5.32 Å². The Kier molecular flexibility index (Phi) is 4.45. The largest absolute Gasteiger partial charge is 0.508 e. The summed E-state index contributed by atoms with van der Waals surface area (Å²) in [4.78, 5) is 1.12. The van der Waals surface area contributed by atoms with Crippen LogP contribution in [0.4, 0.5) is 4.39 Å². The van der Waals surface area contributed by atoms with E-state index < -0.39 is 5.82 Å². The van der Waals surface area contributed by atoms with E-state index in [4.69, 9.17) is 11.6 Å². The van der Waals surface area contributed by atoms with Crippen LogP contribution in [-0.4, -0.2) is 5.11 Å². The van der Waals surface area contributed by atoms with Crippen molar-refractivity contribution in [3.05, 3.63) is 50.9 Å². The van der Waals surface area contributed by atoms with Crippen molar-refractivity contribution in [1.82, 2.24) is 5.32 Å². The number of phenolic OH excluding ortho intramolecular Hbond substituents is 1. The molecule has 102 valence electrons. The molecule has 2 nitrogen and oxygen atoms in total. The predicted molar refractivity (Wildman–Crippen MR) is 77.4 cm³/mol. The Labute approximate surface area is 120 Å². The van der Waals surface area contributed by atoms with Gasteiger partial charge < -0.3 is 10.4 Å². The number of phenols is 1. The molecule has 19 heavy (non-hydrogen) atoms. The third-order valence-corrected chi connectivity index (χ3v) is 4.39. The Balaban J connectivity index is 2.10. The molecule has 2 atom stereocenters. The molecule has 0 saturated carbocycles. The van der Waals surface area contributed by atoms with Crippen molar-refractivity contribution in [1.29, 1.82) is 0 Å². The molecule has 0 aliphatic heterocycles. The number of benzene rings is 1. The second-order valence-electron chi connectivity index (χ2n) is 4.46. The molecular weight excluding hydrogens is 285 g/mol. The van der Waals surface area contributed by atoms with Gasteiger partial charge in [0.2, 0.25) is 0 Å². The minimum atomic E-state index is -0.438. The monoisotopic (exact) mass is 299 g/mol. The minimum absolute atomic E-state index is 0.0311.